The molecule has 2 N–H and O–H groups in total. The Kier molecular flexibility index (Phi) is 2.59. The van der Waals surface area contributed by atoms with Crippen LogP contribution in [0.15, 0.2) is 22.7 Å². The minimum Gasteiger partial charge on any atom is -0.350 e. The molecule has 0 saturated carbocycles. The number of nitrogens with zero attached hydrogens (tertiary/aromatic N) is 1. The highest BCUT2D eigenvalue weighted by Crippen LogP contribution is 2.34. The van der Waals surface area contributed by atoms with Crippen LogP contribution in [-0.2, 0) is 12.6 Å². The predicted molar refractivity (Wildman–Crippen MR) is 51.8 cm³/mol. The van der Waals surface area contributed by atoms with Gasteiger partial charge in [-0.15, -0.1) is 0 Å². The number of fused-ring (bicyclic) bond motifs is 1. The maximum absolute atomic E-state index is 12.4. The second-order valence-electron chi connectivity index (χ2n) is 3.40. The Labute approximate surface area is 89.0 Å². The zero-order valence-corrected chi connectivity index (χ0v) is 8.21. The van der Waals surface area contributed by atoms with Crippen LogP contribution in [0.2, 0.25) is 0 Å². The summed E-state index contributed by atoms with van der Waals surface area (Å²) in [4.78, 5) is 0. The van der Waals surface area contributed by atoms with Crippen LogP contribution in [0.5, 0.6) is 0 Å². The largest absolute Gasteiger partial charge is 0.453 e. The molecule has 86 valence electrons. The van der Waals surface area contributed by atoms with Crippen molar-refractivity contribution >= 4 is 10.9 Å². The van der Waals surface area contributed by atoms with E-state index in [4.69, 9.17) is 5.73 Å². The molecule has 0 aliphatic heterocycles. The zero-order valence-electron chi connectivity index (χ0n) is 8.21. The van der Waals surface area contributed by atoms with Gasteiger partial charge in [0, 0.05) is 0 Å². The Morgan fingerprint density at radius 3 is 2.69 bits per heavy atom. The minimum atomic E-state index is -4.51. The van der Waals surface area contributed by atoms with Gasteiger partial charge >= 0.3 is 6.18 Å². The molecule has 2 rings (SSSR count). The SMILES string of the molecule is NCCc1ccc2c(C(F)(F)F)onc2c1. The highest BCUT2D eigenvalue weighted by Gasteiger charge is 2.37. The molecule has 0 spiro atoms. The number of benzene rings is 1. The molecule has 1 aromatic heterocycles. The summed E-state index contributed by atoms with van der Waals surface area (Å²) in [5.74, 6) is -1.05. The molecule has 0 aliphatic carbocycles. The molecule has 6 heteroatoms. The molecule has 1 heterocycles. The van der Waals surface area contributed by atoms with Crippen LogP contribution in [-0.4, -0.2) is 11.7 Å². The van der Waals surface area contributed by atoms with Gasteiger partial charge in [0.05, 0.1) is 5.39 Å². The second-order valence-corrected chi connectivity index (χ2v) is 3.40. The first-order valence-electron chi connectivity index (χ1n) is 4.68. The lowest BCUT2D eigenvalue weighted by Crippen LogP contribution is -2.04. The van der Waals surface area contributed by atoms with Gasteiger partial charge in [0.1, 0.15) is 5.52 Å². The first-order chi connectivity index (χ1) is 7.52. The highest BCUT2D eigenvalue weighted by atomic mass is 19.4. The van der Waals surface area contributed by atoms with Crippen molar-refractivity contribution in [1.82, 2.24) is 5.16 Å². The van der Waals surface area contributed by atoms with E-state index in [2.05, 4.69) is 9.68 Å². The topological polar surface area (TPSA) is 52.0 Å². The lowest BCUT2D eigenvalue weighted by molar-refractivity contribution is -0.154. The molecule has 0 bridgehead atoms. The summed E-state index contributed by atoms with van der Waals surface area (Å²) in [6.07, 6.45) is -3.91. The minimum absolute atomic E-state index is 0.0201. The van der Waals surface area contributed by atoms with Crippen molar-refractivity contribution in [3.63, 3.8) is 0 Å². The summed E-state index contributed by atoms with van der Waals surface area (Å²) >= 11 is 0. The Hall–Kier alpha value is -1.56. The van der Waals surface area contributed by atoms with Crippen molar-refractivity contribution in [1.29, 1.82) is 0 Å². The third-order valence-corrected chi connectivity index (χ3v) is 2.23. The van der Waals surface area contributed by atoms with Crippen LogP contribution < -0.4 is 5.73 Å². The molecule has 2 aromatic rings. The number of hydrogen-bond acceptors (Lipinski definition) is 3. The van der Waals surface area contributed by atoms with Crippen LogP contribution in [0, 0.1) is 0 Å². The Balaban J connectivity index is 2.51. The average molecular weight is 230 g/mol. The van der Waals surface area contributed by atoms with Gasteiger partial charge < -0.3 is 10.3 Å². The maximum atomic E-state index is 12.4. The number of alkyl halides is 3. The monoisotopic (exact) mass is 230 g/mol. The van der Waals surface area contributed by atoms with E-state index in [0.717, 1.165) is 5.56 Å². The van der Waals surface area contributed by atoms with E-state index in [1.54, 1.807) is 12.1 Å². The van der Waals surface area contributed by atoms with E-state index in [9.17, 15) is 13.2 Å². The zero-order chi connectivity index (χ0) is 11.8. The van der Waals surface area contributed by atoms with Gasteiger partial charge in [-0.05, 0) is 30.7 Å². The van der Waals surface area contributed by atoms with E-state index in [-0.39, 0.29) is 10.9 Å². The van der Waals surface area contributed by atoms with Gasteiger partial charge in [-0.25, -0.2) is 0 Å². The molecule has 0 fully saturated rings. The number of rotatable bonds is 2. The van der Waals surface area contributed by atoms with Crippen molar-refractivity contribution in [3.05, 3.63) is 29.5 Å². The summed E-state index contributed by atoms with van der Waals surface area (Å²) in [5, 5.41) is 3.37. The second kappa shape index (κ2) is 3.79. The number of nitrogens with two attached hydrogens (primary N) is 1. The molecule has 16 heavy (non-hydrogen) atoms. The number of hydrogen-bond donors (Lipinski definition) is 1. The molecule has 0 unspecified atom stereocenters. The summed E-state index contributed by atoms with van der Waals surface area (Å²) in [6.45, 7) is 0.440. The van der Waals surface area contributed by atoms with E-state index in [0.29, 0.717) is 13.0 Å². The van der Waals surface area contributed by atoms with Gasteiger partial charge in [0.15, 0.2) is 0 Å². The van der Waals surface area contributed by atoms with Crippen molar-refractivity contribution in [2.45, 2.75) is 12.6 Å². The summed E-state index contributed by atoms with van der Waals surface area (Å²) in [5.41, 5.74) is 6.41. The van der Waals surface area contributed by atoms with Crippen LogP contribution in [0.25, 0.3) is 10.9 Å². The standard InChI is InChI=1S/C10H9F3N2O/c11-10(12,13)9-7-2-1-6(3-4-14)5-8(7)15-16-9/h1-2,5H,3-4,14H2. The van der Waals surface area contributed by atoms with Gasteiger partial charge in [-0.1, -0.05) is 11.2 Å². The third kappa shape index (κ3) is 1.88. The highest BCUT2D eigenvalue weighted by molar-refractivity contribution is 5.81. The first-order valence-corrected chi connectivity index (χ1v) is 4.68. The van der Waals surface area contributed by atoms with E-state index < -0.39 is 11.9 Å². The number of halogens is 3. The van der Waals surface area contributed by atoms with Gasteiger partial charge in [-0.2, -0.15) is 13.2 Å². The van der Waals surface area contributed by atoms with E-state index >= 15 is 0 Å². The molecule has 0 atom stereocenters. The Morgan fingerprint density at radius 1 is 1.31 bits per heavy atom. The van der Waals surface area contributed by atoms with Gasteiger partial charge in [0.25, 0.3) is 0 Å². The maximum Gasteiger partial charge on any atom is 0.453 e. The Morgan fingerprint density at radius 2 is 2.06 bits per heavy atom. The molecular formula is C10H9F3N2O. The van der Waals surface area contributed by atoms with E-state index in [1.165, 1.54) is 6.07 Å². The lowest BCUT2D eigenvalue weighted by atomic mass is 10.1. The fourth-order valence-electron chi connectivity index (χ4n) is 1.52. The average Bonchev–Trinajstić information content (AvgIpc) is 2.60. The fourth-order valence-corrected chi connectivity index (χ4v) is 1.52. The van der Waals surface area contributed by atoms with Crippen molar-refractivity contribution in [2.75, 3.05) is 6.54 Å². The predicted octanol–water partition coefficient (Wildman–Crippen LogP) is 2.35. The van der Waals surface area contributed by atoms with Crippen LogP contribution >= 0.6 is 0 Å². The molecule has 0 amide bonds. The molecular weight excluding hydrogens is 221 g/mol. The van der Waals surface area contributed by atoms with E-state index in [1.807, 2.05) is 0 Å². The summed E-state index contributed by atoms with van der Waals surface area (Å²) in [7, 11) is 0. The molecule has 1 aromatic carbocycles. The van der Waals surface area contributed by atoms with Crippen molar-refractivity contribution in [3.8, 4) is 0 Å². The van der Waals surface area contributed by atoms with Gasteiger partial charge in [-0.3, -0.25) is 0 Å². The van der Waals surface area contributed by atoms with Crippen molar-refractivity contribution in [2.24, 2.45) is 5.73 Å². The van der Waals surface area contributed by atoms with Crippen LogP contribution in [0.1, 0.15) is 11.3 Å². The first kappa shape index (κ1) is 10.9. The van der Waals surface area contributed by atoms with Gasteiger partial charge in [0.2, 0.25) is 5.76 Å². The smallest absolute Gasteiger partial charge is 0.350 e. The number of aromatic nitrogens is 1. The third-order valence-electron chi connectivity index (χ3n) is 2.23. The van der Waals surface area contributed by atoms with Crippen molar-refractivity contribution < 1.29 is 17.7 Å². The fraction of sp³-hybridized carbons (Fsp3) is 0.300. The summed E-state index contributed by atoms with van der Waals surface area (Å²) < 4.78 is 41.6. The molecule has 0 aliphatic rings. The summed E-state index contributed by atoms with van der Waals surface area (Å²) in [6, 6.07) is 4.52. The lowest BCUT2D eigenvalue weighted by Gasteiger charge is -2.01. The van der Waals surface area contributed by atoms with Crippen LogP contribution in [0.3, 0.4) is 0 Å². The molecule has 0 saturated heterocycles. The quantitative estimate of drug-likeness (QED) is 0.861. The normalized spacial score (nSPS) is 12.2. The molecule has 0 radical (unpaired) electrons. The Bertz CT molecular complexity index is 504. The van der Waals surface area contributed by atoms with Crippen LogP contribution in [0.4, 0.5) is 13.2 Å². The molecule has 3 nitrogen and oxygen atoms in total.